The molecule has 0 radical (unpaired) electrons. The van der Waals surface area contributed by atoms with Crippen molar-refractivity contribution >= 4 is 22.5 Å². The van der Waals surface area contributed by atoms with E-state index in [2.05, 4.69) is 10.1 Å². The molecule has 5 nitrogen and oxygen atoms in total. The van der Waals surface area contributed by atoms with Crippen molar-refractivity contribution in [2.75, 3.05) is 0 Å². The topological polar surface area (TPSA) is 52.7 Å². The molecule has 0 N–H and O–H groups in total. The van der Waals surface area contributed by atoms with Crippen LogP contribution in [-0.4, -0.2) is 19.3 Å². The normalized spacial score (nSPS) is 11.1. The minimum Gasteiger partial charge on any atom is -0.295 e. The number of aryl methyl sites for hydroxylation is 2. The first-order chi connectivity index (χ1) is 10.2. The van der Waals surface area contributed by atoms with Gasteiger partial charge in [-0.1, -0.05) is 12.1 Å². The van der Waals surface area contributed by atoms with Crippen LogP contribution < -0.4 is 5.56 Å². The van der Waals surface area contributed by atoms with Gasteiger partial charge < -0.3 is 0 Å². The predicted molar refractivity (Wildman–Crippen MR) is 82.5 cm³/mol. The number of hydrogen-bond acceptors (Lipinski definition) is 3. The van der Waals surface area contributed by atoms with Crippen LogP contribution in [0, 0.1) is 0 Å². The maximum Gasteiger partial charge on any atom is 0.261 e. The highest BCUT2D eigenvalue weighted by Gasteiger charge is 2.10. The zero-order valence-corrected chi connectivity index (χ0v) is 12.4. The average Bonchev–Trinajstić information content (AvgIpc) is 2.91. The fraction of sp³-hybridized carbons (Fsp3) is 0.267. The fourth-order valence-electron chi connectivity index (χ4n) is 2.42. The molecule has 2 heterocycles. The molecular formula is C15H15ClN4O. The van der Waals surface area contributed by atoms with Crippen LogP contribution in [0.4, 0.5) is 0 Å². The second-order valence-electron chi connectivity index (χ2n) is 4.83. The number of hydrogen-bond donors (Lipinski definition) is 0. The Morgan fingerprint density at radius 2 is 2.05 bits per heavy atom. The monoisotopic (exact) mass is 302 g/mol. The first-order valence-electron chi connectivity index (χ1n) is 6.72. The van der Waals surface area contributed by atoms with E-state index in [1.807, 2.05) is 31.3 Å². The lowest BCUT2D eigenvalue weighted by atomic mass is 10.2. The highest BCUT2D eigenvalue weighted by Crippen LogP contribution is 2.10. The van der Waals surface area contributed by atoms with Gasteiger partial charge in [-0.25, -0.2) is 4.98 Å². The highest BCUT2D eigenvalue weighted by atomic mass is 35.5. The predicted octanol–water partition coefficient (Wildman–Crippen LogP) is 2.11. The third-order valence-corrected chi connectivity index (χ3v) is 3.81. The van der Waals surface area contributed by atoms with Gasteiger partial charge in [-0.3, -0.25) is 14.0 Å². The summed E-state index contributed by atoms with van der Waals surface area (Å²) < 4.78 is 3.46. The van der Waals surface area contributed by atoms with Gasteiger partial charge in [0.1, 0.15) is 5.82 Å². The molecule has 1 aromatic carbocycles. The Balaban J connectivity index is 2.02. The van der Waals surface area contributed by atoms with Gasteiger partial charge in [0.2, 0.25) is 0 Å². The Morgan fingerprint density at radius 1 is 1.24 bits per heavy atom. The number of rotatable bonds is 4. The molecule has 3 rings (SSSR count). The Kier molecular flexibility index (Phi) is 3.75. The summed E-state index contributed by atoms with van der Waals surface area (Å²) in [5.41, 5.74) is 1.71. The highest BCUT2D eigenvalue weighted by molar-refractivity contribution is 6.16. The molecular weight excluding hydrogens is 288 g/mol. The van der Waals surface area contributed by atoms with Crippen molar-refractivity contribution in [3.8, 4) is 0 Å². The maximum absolute atomic E-state index is 12.6. The van der Waals surface area contributed by atoms with Gasteiger partial charge in [0.25, 0.3) is 5.56 Å². The number of benzene rings is 1. The first-order valence-corrected chi connectivity index (χ1v) is 7.25. The third-order valence-electron chi connectivity index (χ3n) is 3.57. The van der Waals surface area contributed by atoms with E-state index in [1.54, 1.807) is 21.5 Å². The number of halogens is 1. The fourth-order valence-corrected chi connectivity index (χ4v) is 2.62. The summed E-state index contributed by atoms with van der Waals surface area (Å²) in [5.74, 6) is 0.813. The third kappa shape index (κ3) is 2.56. The molecule has 2 aromatic heterocycles. The second-order valence-corrected chi connectivity index (χ2v) is 5.10. The van der Waals surface area contributed by atoms with Crippen molar-refractivity contribution in [1.82, 2.24) is 19.3 Å². The Bertz CT molecular complexity index is 837. The Morgan fingerprint density at radius 3 is 2.76 bits per heavy atom. The van der Waals surface area contributed by atoms with Gasteiger partial charge in [0.05, 0.1) is 16.8 Å². The molecule has 0 saturated carbocycles. The van der Waals surface area contributed by atoms with E-state index >= 15 is 0 Å². The molecule has 0 saturated heterocycles. The minimum atomic E-state index is -0.0431. The molecule has 6 heteroatoms. The van der Waals surface area contributed by atoms with Gasteiger partial charge in [-0.15, -0.1) is 11.6 Å². The lowest BCUT2D eigenvalue weighted by Crippen LogP contribution is -2.26. The summed E-state index contributed by atoms with van der Waals surface area (Å²) in [7, 11) is 1.89. The molecule has 0 bridgehead atoms. The number of fused-ring (bicyclic) bond motifs is 1. The lowest BCUT2D eigenvalue weighted by Gasteiger charge is -2.11. The Hall–Kier alpha value is -2.14. The summed E-state index contributed by atoms with van der Waals surface area (Å²) in [4.78, 5) is 17.1. The van der Waals surface area contributed by atoms with Crippen molar-refractivity contribution in [2.24, 2.45) is 7.05 Å². The van der Waals surface area contributed by atoms with Crippen molar-refractivity contribution in [3.63, 3.8) is 0 Å². The number of alkyl halides is 1. The first kappa shape index (κ1) is 13.8. The van der Waals surface area contributed by atoms with E-state index in [-0.39, 0.29) is 11.4 Å². The number of para-hydroxylation sites is 1. The van der Waals surface area contributed by atoms with E-state index in [9.17, 15) is 4.79 Å². The Labute approximate surface area is 126 Å². The summed E-state index contributed by atoms with van der Waals surface area (Å²) in [6.07, 6.45) is 2.46. The van der Waals surface area contributed by atoms with Crippen LogP contribution in [0.1, 0.15) is 11.5 Å². The summed E-state index contributed by atoms with van der Waals surface area (Å²) in [6.45, 7) is 0.540. The number of nitrogens with zero attached hydrogens (tertiary/aromatic N) is 4. The van der Waals surface area contributed by atoms with Crippen molar-refractivity contribution < 1.29 is 0 Å². The molecule has 0 amide bonds. The standard InChI is InChI=1S/C15H15ClN4O/c1-19-11(6-8-17-19)7-9-20-14(10-16)18-13-5-3-2-4-12(13)15(20)21/h2-6,8H,7,9-10H2,1H3. The van der Waals surface area contributed by atoms with Gasteiger partial charge in [0, 0.05) is 31.9 Å². The van der Waals surface area contributed by atoms with E-state index in [1.165, 1.54) is 0 Å². The smallest absolute Gasteiger partial charge is 0.261 e. The largest absolute Gasteiger partial charge is 0.295 e. The molecule has 0 spiro atoms. The molecule has 3 aromatic rings. The molecule has 0 aliphatic carbocycles. The molecule has 0 fully saturated rings. The van der Waals surface area contributed by atoms with Gasteiger partial charge in [-0.05, 0) is 18.2 Å². The zero-order chi connectivity index (χ0) is 14.8. The van der Waals surface area contributed by atoms with Gasteiger partial charge in [0.15, 0.2) is 0 Å². The van der Waals surface area contributed by atoms with E-state index < -0.39 is 0 Å². The lowest BCUT2D eigenvalue weighted by molar-refractivity contribution is 0.601. The molecule has 21 heavy (non-hydrogen) atoms. The van der Waals surface area contributed by atoms with Crippen LogP contribution in [0.3, 0.4) is 0 Å². The van der Waals surface area contributed by atoms with Crippen LogP contribution in [-0.2, 0) is 25.9 Å². The number of aromatic nitrogens is 4. The molecule has 0 aliphatic rings. The second kappa shape index (κ2) is 5.69. The summed E-state index contributed by atoms with van der Waals surface area (Å²) in [6, 6.07) is 9.28. The summed E-state index contributed by atoms with van der Waals surface area (Å²) in [5, 5.41) is 4.75. The average molecular weight is 303 g/mol. The molecule has 0 unspecified atom stereocenters. The van der Waals surface area contributed by atoms with E-state index in [4.69, 9.17) is 11.6 Å². The van der Waals surface area contributed by atoms with Gasteiger partial charge >= 0.3 is 0 Å². The van der Waals surface area contributed by atoms with Crippen molar-refractivity contribution in [2.45, 2.75) is 18.8 Å². The van der Waals surface area contributed by atoms with Crippen LogP contribution in [0.25, 0.3) is 10.9 Å². The molecule has 108 valence electrons. The molecule has 0 atom stereocenters. The van der Waals surface area contributed by atoms with E-state index in [0.717, 1.165) is 5.69 Å². The minimum absolute atomic E-state index is 0.0431. The van der Waals surface area contributed by atoms with Crippen LogP contribution in [0.2, 0.25) is 0 Å². The summed E-state index contributed by atoms with van der Waals surface area (Å²) >= 11 is 5.96. The van der Waals surface area contributed by atoms with E-state index in [0.29, 0.717) is 29.7 Å². The van der Waals surface area contributed by atoms with Crippen LogP contribution >= 0.6 is 11.6 Å². The van der Waals surface area contributed by atoms with Crippen molar-refractivity contribution in [1.29, 1.82) is 0 Å². The van der Waals surface area contributed by atoms with Crippen molar-refractivity contribution in [3.05, 3.63) is 58.4 Å². The quantitative estimate of drug-likeness (QED) is 0.694. The maximum atomic E-state index is 12.6. The van der Waals surface area contributed by atoms with Gasteiger partial charge in [-0.2, -0.15) is 5.10 Å². The van der Waals surface area contributed by atoms with Crippen LogP contribution in [0.15, 0.2) is 41.3 Å². The van der Waals surface area contributed by atoms with Crippen LogP contribution in [0.5, 0.6) is 0 Å². The molecule has 0 aliphatic heterocycles. The SMILES string of the molecule is Cn1nccc1CCn1c(CCl)nc2ccccc2c1=O. The zero-order valence-electron chi connectivity index (χ0n) is 11.7.